The molecule has 2 aliphatic heterocycles. The molecule has 5 heterocycles. The van der Waals surface area contributed by atoms with E-state index in [9.17, 15) is 0 Å². The monoisotopic (exact) mass is 490 g/mol. The lowest BCUT2D eigenvalue weighted by Crippen LogP contribution is -2.79. The molecule has 0 bridgehead atoms. The summed E-state index contributed by atoms with van der Waals surface area (Å²) < 4.78 is 11.5. The second kappa shape index (κ2) is 7.08. The van der Waals surface area contributed by atoms with Crippen molar-refractivity contribution in [1.29, 1.82) is 0 Å². The zero-order valence-corrected chi connectivity index (χ0v) is 20.9. The predicted octanol–water partition coefficient (Wildman–Crippen LogP) is 6.90. The van der Waals surface area contributed by atoms with Gasteiger partial charge in [0.15, 0.2) is 24.0 Å². The van der Waals surface area contributed by atoms with Gasteiger partial charge >= 0.3 is 0 Å². The van der Waals surface area contributed by atoms with Crippen LogP contribution in [-0.4, -0.2) is 0 Å². The summed E-state index contributed by atoms with van der Waals surface area (Å²) in [6.45, 7) is 4.44. The fraction of sp³-hybridized carbons (Fsp3) is 0.143. The molecule has 3 nitrogen and oxygen atoms in total. The number of benzene rings is 3. The van der Waals surface area contributed by atoms with E-state index in [1.807, 2.05) is 6.07 Å². The second-order valence-corrected chi connectivity index (χ2v) is 11.0. The molecule has 9 rings (SSSR count). The Morgan fingerprint density at radius 1 is 0.789 bits per heavy atom. The lowest BCUT2D eigenvalue weighted by molar-refractivity contribution is -0.836. The van der Waals surface area contributed by atoms with Crippen molar-refractivity contribution >= 4 is 21.9 Å². The highest BCUT2D eigenvalue weighted by atomic mass is 16.3. The third-order valence-corrected chi connectivity index (χ3v) is 9.53. The molecule has 1 saturated carbocycles. The van der Waals surface area contributed by atoms with E-state index >= 15 is 0 Å². The van der Waals surface area contributed by atoms with Crippen LogP contribution in [0.5, 0.6) is 0 Å². The van der Waals surface area contributed by atoms with Gasteiger partial charge in [0.1, 0.15) is 23.0 Å². The lowest BCUT2D eigenvalue weighted by atomic mass is 9.48. The molecule has 3 aromatic heterocycles. The van der Waals surface area contributed by atoms with Crippen molar-refractivity contribution in [3.63, 3.8) is 0 Å². The van der Waals surface area contributed by atoms with Crippen molar-refractivity contribution < 1.29 is 13.6 Å². The van der Waals surface area contributed by atoms with Crippen LogP contribution < -0.4 is 9.13 Å². The molecule has 3 aromatic carbocycles. The first-order chi connectivity index (χ1) is 18.8. The Kier molecular flexibility index (Phi) is 3.83. The molecule has 180 valence electrons. The van der Waals surface area contributed by atoms with Gasteiger partial charge in [0.2, 0.25) is 11.4 Å². The summed E-state index contributed by atoms with van der Waals surface area (Å²) in [7, 11) is 0. The van der Waals surface area contributed by atoms with Gasteiger partial charge in [-0.2, -0.15) is 9.13 Å². The Labute approximate surface area is 220 Å². The fourth-order valence-electron chi connectivity index (χ4n) is 8.09. The van der Waals surface area contributed by atoms with E-state index < -0.39 is 0 Å². The van der Waals surface area contributed by atoms with Gasteiger partial charge in [0, 0.05) is 29.5 Å². The van der Waals surface area contributed by atoms with Gasteiger partial charge in [-0.3, -0.25) is 0 Å². The predicted molar refractivity (Wildman–Crippen MR) is 149 cm³/mol. The number of para-hydroxylation sites is 1. The summed E-state index contributed by atoms with van der Waals surface area (Å²) >= 11 is 0. The average Bonchev–Trinajstić information content (AvgIpc) is 3.33. The van der Waals surface area contributed by atoms with Crippen molar-refractivity contribution in [3.8, 4) is 22.5 Å². The van der Waals surface area contributed by atoms with Gasteiger partial charge < -0.3 is 4.42 Å². The Hall–Kier alpha value is -4.50. The standard InChI is InChI=1S/C35H26N2O/c1-2-28-34-33(26-15-6-5-13-24(26)29-16-9-10-18-36(29)34)35(28)20-22-11-3-4-12-23(22)30-19-32-27(21-37(30)35)25-14-7-8-17-31(25)38-32/h2-19,21,28,33-34H,1,20H2/q+2. The van der Waals surface area contributed by atoms with E-state index in [0.29, 0.717) is 12.0 Å². The van der Waals surface area contributed by atoms with Crippen molar-refractivity contribution in [2.75, 3.05) is 0 Å². The average molecular weight is 491 g/mol. The highest BCUT2D eigenvalue weighted by Gasteiger charge is 2.75. The van der Waals surface area contributed by atoms with Crippen molar-refractivity contribution in [1.82, 2.24) is 0 Å². The van der Waals surface area contributed by atoms with E-state index in [0.717, 1.165) is 17.6 Å². The van der Waals surface area contributed by atoms with Crippen LogP contribution in [0.4, 0.5) is 0 Å². The van der Waals surface area contributed by atoms with Gasteiger partial charge in [0.05, 0.1) is 17.0 Å². The molecule has 1 aliphatic carbocycles. The third kappa shape index (κ3) is 2.32. The van der Waals surface area contributed by atoms with E-state index in [2.05, 4.69) is 125 Å². The van der Waals surface area contributed by atoms with E-state index in [4.69, 9.17) is 4.42 Å². The van der Waals surface area contributed by atoms with Crippen LogP contribution in [0.25, 0.3) is 44.5 Å². The maximum absolute atomic E-state index is 6.38. The first-order valence-electron chi connectivity index (χ1n) is 13.5. The number of rotatable bonds is 1. The maximum atomic E-state index is 6.38. The quantitative estimate of drug-likeness (QED) is 0.181. The molecule has 0 radical (unpaired) electrons. The van der Waals surface area contributed by atoms with Crippen LogP contribution in [0.15, 0.2) is 127 Å². The number of aromatic nitrogens is 2. The molecular weight excluding hydrogens is 464 g/mol. The normalized spacial score (nSPS) is 24.2. The zero-order valence-electron chi connectivity index (χ0n) is 20.9. The summed E-state index contributed by atoms with van der Waals surface area (Å²) in [5.41, 5.74) is 9.71. The molecule has 3 heteroatoms. The summed E-state index contributed by atoms with van der Waals surface area (Å²) in [4.78, 5) is 0. The Balaban J connectivity index is 1.40. The van der Waals surface area contributed by atoms with Crippen molar-refractivity contribution in [3.05, 3.63) is 133 Å². The first-order valence-corrected chi connectivity index (χ1v) is 13.5. The summed E-state index contributed by atoms with van der Waals surface area (Å²) in [6.07, 6.45) is 7.84. The molecule has 1 fully saturated rings. The van der Waals surface area contributed by atoms with Crippen LogP contribution in [-0.2, 0) is 12.0 Å². The summed E-state index contributed by atoms with van der Waals surface area (Å²) in [5.74, 6) is 0.578. The minimum Gasteiger partial charge on any atom is -0.456 e. The zero-order chi connectivity index (χ0) is 25.0. The van der Waals surface area contributed by atoms with E-state index in [-0.39, 0.29) is 11.5 Å². The van der Waals surface area contributed by atoms with Gasteiger partial charge in [-0.15, -0.1) is 6.58 Å². The molecule has 0 N–H and O–H groups in total. The Bertz CT molecular complexity index is 1970. The number of hydrogen-bond acceptors (Lipinski definition) is 1. The maximum Gasteiger partial charge on any atom is 0.217 e. The largest absolute Gasteiger partial charge is 0.456 e. The molecule has 0 saturated heterocycles. The van der Waals surface area contributed by atoms with E-state index in [1.54, 1.807) is 0 Å². The van der Waals surface area contributed by atoms with Crippen molar-refractivity contribution in [2.24, 2.45) is 5.92 Å². The number of hydrogen-bond donors (Lipinski definition) is 0. The summed E-state index contributed by atoms with van der Waals surface area (Å²) in [6, 6.07) is 35.5. The lowest BCUT2D eigenvalue weighted by Gasteiger charge is -2.56. The minimum atomic E-state index is -0.167. The number of pyridine rings is 2. The fourth-order valence-corrected chi connectivity index (χ4v) is 8.09. The molecule has 4 unspecified atom stereocenters. The van der Waals surface area contributed by atoms with Gasteiger partial charge in [-0.25, -0.2) is 0 Å². The molecule has 38 heavy (non-hydrogen) atoms. The molecule has 3 aliphatic rings. The van der Waals surface area contributed by atoms with Crippen LogP contribution >= 0.6 is 0 Å². The Morgan fingerprint density at radius 2 is 1.58 bits per heavy atom. The minimum absolute atomic E-state index is 0.167. The van der Waals surface area contributed by atoms with Crippen LogP contribution in [0.1, 0.15) is 23.1 Å². The van der Waals surface area contributed by atoms with Crippen LogP contribution in [0.3, 0.4) is 0 Å². The molecule has 1 spiro atoms. The smallest absolute Gasteiger partial charge is 0.217 e. The highest BCUT2D eigenvalue weighted by Crippen LogP contribution is 2.64. The Morgan fingerprint density at radius 3 is 2.50 bits per heavy atom. The van der Waals surface area contributed by atoms with Crippen molar-refractivity contribution in [2.45, 2.75) is 23.9 Å². The second-order valence-electron chi connectivity index (χ2n) is 11.0. The SMILES string of the molecule is C=CC1C2C(c3ccccc3-c3cccc[n+]32)C12Cc1ccccc1-c1cc3oc4ccccc4c3c[n+]12. The number of nitrogens with zero attached hydrogens (tertiary/aromatic N) is 2. The van der Waals surface area contributed by atoms with Crippen LogP contribution in [0, 0.1) is 5.92 Å². The number of fused-ring (bicyclic) bond motifs is 14. The van der Waals surface area contributed by atoms with Gasteiger partial charge in [-0.05, 0) is 35.4 Å². The molecular formula is C35H26N2O+2. The van der Waals surface area contributed by atoms with E-state index in [1.165, 1.54) is 44.4 Å². The molecule has 4 atom stereocenters. The number of allylic oxidation sites excluding steroid dienone is 1. The third-order valence-electron chi connectivity index (χ3n) is 9.53. The van der Waals surface area contributed by atoms with Gasteiger partial charge in [0.25, 0.3) is 0 Å². The number of furan rings is 1. The topological polar surface area (TPSA) is 20.9 Å². The molecule has 0 amide bonds. The summed E-state index contributed by atoms with van der Waals surface area (Å²) in [5, 5.41) is 2.34. The highest BCUT2D eigenvalue weighted by molar-refractivity contribution is 6.04. The van der Waals surface area contributed by atoms with Gasteiger partial charge in [-0.1, -0.05) is 60.7 Å². The van der Waals surface area contributed by atoms with Crippen LogP contribution in [0.2, 0.25) is 0 Å². The first kappa shape index (κ1) is 20.5. The molecule has 6 aromatic rings.